The first-order valence-electron chi connectivity index (χ1n) is 7.81. The van der Waals surface area contributed by atoms with E-state index in [0.29, 0.717) is 23.8 Å². The highest BCUT2D eigenvalue weighted by Gasteiger charge is 2.43. The molecule has 0 aliphatic heterocycles. The SMILES string of the molecule is O=C(NC1(C(=O)NCC2CC2)CCCC1)c1ccc(Cl)cn1. The van der Waals surface area contributed by atoms with Crippen LogP contribution in [0.5, 0.6) is 0 Å². The number of carbonyl (C=O) groups excluding carboxylic acids is 2. The predicted octanol–water partition coefficient (Wildman–Crippen LogP) is 2.30. The Morgan fingerprint density at radius 2 is 2.00 bits per heavy atom. The Bertz CT molecular complexity index is 563. The van der Waals surface area contributed by atoms with E-state index in [-0.39, 0.29) is 17.5 Å². The van der Waals surface area contributed by atoms with Gasteiger partial charge in [-0.1, -0.05) is 24.4 Å². The van der Waals surface area contributed by atoms with Crippen LogP contribution in [0.15, 0.2) is 18.3 Å². The van der Waals surface area contributed by atoms with E-state index in [1.165, 1.54) is 19.0 Å². The van der Waals surface area contributed by atoms with Crippen molar-refractivity contribution < 1.29 is 9.59 Å². The molecule has 2 aliphatic rings. The summed E-state index contributed by atoms with van der Waals surface area (Å²) in [5.74, 6) is 0.246. The van der Waals surface area contributed by atoms with Crippen molar-refractivity contribution >= 4 is 23.4 Å². The van der Waals surface area contributed by atoms with Crippen LogP contribution in [0.2, 0.25) is 5.02 Å². The molecule has 0 saturated heterocycles. The van der Waals surface area contributed by atoms with Gasteiger partial charge in [0.05, 0.1) is 5.02 Å². The molecule has 2 amide bonds. The molecule has 22 heavy (non-hydrogen) atoms. The topological polar surface area (TPSA) is 71.1 Å². The maximum absolute atomic E-state index is 12.6. The molecular formula is C16H20ClN3O2. The third kappa shape index (κ3) is 3.40. The minimum absolute atomic E-state index is 0.0563. The van der Waals surface area contributed by atoms with Crippen LogP contribution in [0.1, 0.15) is 49.0 Å². The van der Waals surface area contributed by atoms with Crippen molar-refractivity contribution in [1.82, 2.24) is 15.6 Å². The minimum atomic E-state index is -0.784. The summed E-state index contributed by atoms with van der Waals surface area (Å²) in [5, 5.41) is 6.39. The Kier molecular flexibility index (Phi) is 4.34. The number of nitrogens with zero attached hydrogens (tertiary/aromatic N) is 1. The summed E-state index contributed by atoms with van der Waals surface area (Å²) in [6, 6.07) is 3.19. The second-order valence-corrected chi connectivity index (χ2v) is 6.69. The molecule has 3 rings (SSSR count). The van der Waals surface area contributed by atoms with Gasteiger partial charge in [-0.25, -0.2) is 4.98 Å². The lowest BCUT2D eigenvalue weighted by Gasteiger charge is -2.29. The largest absolute Gasteiger partial charge is 0.354 e. The van der Waals surface area contributed by atoms with Crippen LogP contribution < -0.4 is 10.6 Å². The number of aromatic nitrogens is 1. The van der Waals surface area contributed by atoms with Crippen molar-refractivity contribution in [2.45, 2.75) is 44.1 Å². The molecule has 6 heteroatoms. The van der Waals surface area contributed by atoms with E-state index in [4.69, 9.17) is 11.6 Å². The molecule has 2 saturated carbocycles. The molecule has 1 aromatic heterocycles. The zero-order valence-electron chi connectivity index (χ0n) is 12.4. The highest BCUT2D eigenvalue weighted by Crippen LogP contribution is 2.32. The molecular weight excluding hydrogens is 302 g/mol. The van der Waals surface area contributed by atoms with E-state index in [9.17, 15) is 9.59 Å². The highest BCUT2D eigenvalue weighted by atomic mass is 35.5. The summed E-state index contributed by atoms with van der Waals surface area (Å²) < 4.78 is 0. The maximum Gasteiger partial charge on any atom is 0.270 e. The average molecular weight is 322 g/mol. The van der Waals surface area contributed by atoms with E-state index in [2.05, 4.69) is 15.6 Å². The minimum Gasteiger partial charge on any atom is -0.354 e. The zero-order valence-corrected chi connectivity index (χ0v) is 13.2. The monoisotopic (exact) mass is 321 g/mol. The van der Waals surface area contributed by atoms with E-state index >= 15 is 0 Å². The van der Waals surface area contributed by atoms with Crippen molar-refractivity contribution in [3.8, 4) is 0 Å². The van der Waals surface area contributed by atoms with Gasteiger partial charge >= 0.3 is 0 Å². The van der Waals surface area contributed by atoms with E-state index in [1.807, 2.05) is 0 Å². The molecule has 2 aliphatic carbocycles. The van der Waals surface area contributed by atoms with Gasteiger partial charge in [0.2, 0.25) is 5.91 Å². The van der Waals surface area contributed by atoms with Crippen molar-refractivity contribution in [1.29, 1.82) is 0 Å². The Morgan fingerprint density at radius 1 is 1.27 bits per heavy atom. The highest BCUT2D eigenvalue weighted by molar-refractivity contribution is 6.30. The van der Waals surface area contributed by atoms with Crippen LogP contribution in [0.4, 0.5) is 0 Å². The van der Waals surface area contributed by atoms with Gasteiger partial charge in [-0.2, -0.15) is 0 Å². The molecule has 5 nitrogen and oxygen atoms in total. The van der Waals surface area contributed by atoms with E-state index in [0.717, 1.165) is 19.4 Å². The van der Waals surface area contributed by atoms with Crippen molar-refractivity contribution in [2.75, 3.05) is 6.54 Å². The molecule has 0 unspecified atom stereocenters. The summed E-state index contributed by atoms with van der Waals surface area (Å²) in [6.45, 7) is 0.718. The second kappa shape index (κ2) is 6.24. The van der Waals surface area contributed by atoms with Gasteiger partial charge in [0.15, 0.2) is 0 Å². The number of halogens is 1. The molecule has 118 valence electrons. The molecule has 0 spiro atoms. The molecule has 1 heterocycles. The van der Waals surface area contributed by atoms with E-state index in [1.54, 1.807) is 12.1 Å². The van der Waals surface area contributed by atoms with Gasteiger partial charge in [0.1, 0.15) is 11.2 Å². The fourth-order valence-electron chi connectivity index (χ4n) is 2.91. The fourth-order valence-corrected chi connectivity index (χ4v) is 3.02. The predicted molar refractivity (Wildman–Crippen MR) is 83.6 cm³/mol. The van der Waals surface area contributed by atoms with Crippen molar-refractivity contribution in [3.05, 3.63) is 29.0 Å². The molecule has 2 fully saturated rings. The zero-order chi connectivity index (χ0) is 15.6. The van der Waals surface area contributed by atoms with Crippen LogP contribution in [-0.4, -0.2) is 28.9 Å². The smallest absolute Gasteiger partial charge is 0.270 e. The normalized spacial score (nSPS) is 19.7. The lowest BCUT2D eigenvalue weighted by atomic mass is 9.95. The van der Waals surface area contributed by atoms with Crippen molar-refractivity contribution in [2.24, 2.45) is 5.92 Å². The first-order valence-corrected chi connectivity index (χ1v) is 8.19. The lowest BCUT2D eigenvalue weighted by Crippen LogP contribution is -2.57. The first-order chi connectivity index (χ1) is 10.6. The quantitative estimate of drug-likeness (QED) is 0.874. The number of pyridine rings is 1. The van der Waals surface area contributed by atoms with Gasteiger partial charge in [0, 0.05) is 12.7 Å². The van der Waals surface area contributed by atoms with Crippen LogP contribution in [0.3, 0.4) is 0 Å². The van der Waals surface area contributed by atoms with Gasteiger partial charge in [0.25, 0.3) is 5.91 Å². The average Bonchev–Trinajstić information content (AvgIpc) is 3.23. The van der Waals surface area contributed by atoms with Crippen LogP contribution in [0, 0.1) is 5.92 Å². The summed E-state index contributed by atoms with van der Waals surface area (Å²) in [5.41, 5.74) is -0.501. The van der Waals surface area contributed by atoms with Gasteiger partial charge in [-0.3, -0.25) is 9.59 Å². The van der Waals surface area contributed by atoms with E-state index < -0.39 is 5.54 Å². The Hall–Kier alpha value is -1.62. The van der Waals surface area contributed by atoms with Gasteiger partial charge < -0.3 is 10.6 Å². The maximum atomic E-state index is 12.6. The number of nitrogens with one attached hydrogen (secondary N) is 2. The van der Waals surface area contributed by atoms with Crippen LogP contribution >= 0.6 is 11.6 Å². The number of hydrogen-bond donors (Lipinski definition) is 2. The standard InChI is InChI=1S/C16H20ClN3O2/c17-12-5-6-13(18-10-12)14(21)20-16(7-1-2-8-16)15(22)19-9-11-3-4-11/h5-6,10-11H,1-4,7-9H2,(H,19,22)(H,20,21). The lowest BCUT2D eigenvalue weighted by molar-refractivity contribution is -0.127. The number of rotatable bonds is 5. The molecule has 2 N–H and O–H groups in total. The second-order valence-electron chi connectivity index (χ2n) is 6.26. The first kappa shape index (κ1) is 15.3. The van der Waals surface area contributed by atoms with Gasteiger partial charge in [-0.05, 0) is 43.7 Å². The Balaban J connectivity index is 1.68. The fraction of sp³-hybridized carbons (Fsp3) is 0.562. The number of amides is 2. The third-order valence-corrected chi connectivity index (χ3v) is 4.68. The van der Waals surface area contributed by atoms with Gasteiger partial charge in [-0.15, -0.1) is 0 Å². The summed E-state index contributed by atoms with van der Waals surface area (Å²) in [7, 11) is 0. The molecule has 0 aromatic carbocycles. The van der Waals surface area contributed by atoms with Crippen molar-refractivity contribution in [3.63, 3.8) is 0 Å². The van der Waals surface area contributed by atoms with Crippen LogP contribution in [0.25, 0.3) is 0 Å². The molecule has 1 aromatic rings. The molecule has 0 bridgehead atoms. The van der Waals surface area contributed by atoms with Crippen LogP contribution in [-0.2, 0) is 4.79 Å². The summed E-state index contributed by atoms with van der Waals surface area (Å²) in [6.07, 6.45) is 7.08. The summed E-state index contributed by atoms with van der Waals surface area (Å²) >= 11 is 5.78. The molecule has 0 atom stereocenters. The Labute approximate surface area is 134 Å². The Morgan fingerprint density at radius 3 is 2.59 bits per heavy atom. The third-order valence-electron chi connectivity index (χ3n) is 4.45. The number of carbonyl (C=O) groups is 2. The number of hydrogen-bond acceptors (Lipinski definition) is 3. The molecule has 0 radical (unpaired) electrons. The summed E-state index contributed by atoms with van der Waals surface area (Å²) in [4.78, 5) is 28.9.